The van der Waals surface area contributed by atoms with Gasteiger partial charge >= 0.3 is 0 Å². The van der Waals surface area contributed by atoms with E-state index in [0.717, 1.165) is 23.1 Å². The zero-order valence-electron chi connectivity index (χ0n) is 22.1. The van der Waals surface area contributed by atoms with Crippen LogP contribution in [0, 0.1) is 0 Å². The molecular formula is C31H36N2O5. The number of rotatable bonds is 11. The van der Waals surface area contributed by atoms with Crippen LogP contribution in [-0.2, 0) is 15.0 Å². The van der Waals surface area contributed by atoms with Gasteiger partial charge in [-0.1, -0.05) is 54.6 Å². The Bertz CT molecular complexity index is 1150. The fourth-order valence-corrected chi connectivity index (χ4v) is 5.30. The fourth-order valence-electron chi connectivity index (χ4n) is 5.30. The molecule has 0 radical (unpaired) electrons. The van der Waals surface area contributed by atoms with E-state index in [9.17, 15) is 9.59 Å². The Morgan fingerprint density at radius 2 is 1.42 bits per heavy atom. The number of likely N-dealkylation sites (tertiary alicyclic amines) is 1. The number of aliphatic hydroxyl groups is 1. The molecule has 2 amide bonds. The van der Waals surface area contributed by atoms with E-state index in [4.69, 9.17) is 14.6 Å². The zero-order valence-corrected chi connectivity index (χ0v) is 22.1. The lowest BCUT2D eigenvalue weighted by Gasteiger charge is -2.39. The lowest BCUT2D eigenvalue weighted by atomic mass is 9.68. The van der Waals surface area contributed by atoms with E-state index in [1.165, 1.54) is 0 Å². The average molecular weight is 517 g/mol. The van der Waals surface area contributed by atoms with Crippen LogP contribution >= 0.6 is 0 Å². The smallest absolute Gasteiger partial charge is 0.242 e. The van der Waals surface area contributed by atoms with E-state index in [2.05, 4.69) is 5.32 Å². The first-order chi connectivity index (χ1) is 18.6. The molecular weight excluding hydrogens is 480 g/mol. The maximum atomic E-state index is 14.9. The number of carbonyl (C=O) groups excluding carboxylic acids is 2. The van der Waals surface area contributed by atoms with Crippen LogP contribution in [0.1, 0.15) is 42.4 Å². The highest BCUT2D eigenvalue weighted by Gasteiger charge is 2.49. The van der Waals surface area contributed by atoms with Crippen LogP contribution in [-0.4, -0.2) is 61.8 Å². The number of hydrogen-bond donors (Lipinski definition) is 2. The molecule has 2 N–H and O–H groups in total. The van der Waals surface area contributed by atoms with Gasteiger partial charge in [-0.15, -0.1) is 0 Å². The second-order valence-corrected chi connectivity index (χ2v) is 9.45. The van der Waals surface area contributed by atoms with Gasteiger partial charge in [-0.2, -0.15) is 0 Å². The van der Waals surface area contributed by atoms with Gasteiger partial charge in [0.05, 0.1) is 14.2 Å². The highest BCUT2D eigenvalue weighted by Crippen LogP contribution is 2.43. The van der Waals surface area contributed by atoms with Gasteiger partial charge in [-0.25, -0.2) is 0 Å². The number of hydrogen-bond acceptors (Lipinski definition) is 5. The van der Waals surface area contributed by atoms with Crippen LogP contribution in [0.3, 0.4) is 0 Å². The Balaban J connectivity index is 1.84. The van der Waals surface area contributed by atoms with Crippen molar-refractivity contribution in [3.8, 4) is 11.5 Å². The van der Waals surface area contributed by atoms with Crippen molar-refractivity contribution >= 4 is 11.8 Å². The topological polar surface area (TPSA) is 88.1 Å². The van der Waals surface area contributed by atoms with Crippen molar-refractivity contribution < 1.29 is 24.2 Å². The van der Waals surface area contributed by atoms with Crippen LogP contribution in [0.25, 0.3) is 0 Å². The third-order valence-corrected chi connectivity index (χ3v) is 7.27. The molecule has 0 unspecified atom stereocenters. The summed E-state index contributed by atoms with van der Waals surface area (Å²) in [5.74, 6) is 1.09. The number of unbranched alkanes of at least 4 members (excludes halogenated alkanes) is 1. The van der Waals surface area contributed by atoms with E-state index in [1.54, 1.807) is 19.1 Å². The first-order valence-electron chi connectivity index (χ1n) is 13.1. The number of ether oxygens (including phenoxy) is 2. The summed E-state index contributed by atoms with van der Waals surface area (Å²) >= 11 is 0. The van der Waals surface area contributed by atoms with Crippen LogP contribution < -0.4 is 14.8 Å². The Labute approximate surface area is 224 Å². The Morgan fingerprint density at radius 3 is 1.95 bits per heavy atom. The van der Waals surface area contributed by atoms with Gasteiger partial charge in [-0.05, 0) is 66.6 Å². The number of carbonyl (C=O) groups is 2. The Hall–Kier alpha value is -3.84. The first-order valence-corrected chi connectivity index (χ1v) is 13.1. The van der Waals surface area contributed by atoms with E-state index in [0.29, 0.717) is 43.9 Å². The second-order valence-electron chi connectivity index (χ2n) is 9.45. The minimum absolute atomic E-state index is 0.0905. The van der Waals surface area contributed by atoms with Gasteiger partial charge in [0.25, 0.3) is 0 Å². The summed E-state index contributed by atoms with van der Waals surface area (Å²) in [6.45, 7) is 1.06. The summed E-state index contributed by atoms with van der Waals surface area (Å²) in [7, 11) is 3.23. The lowest BCUT2D eigenvalue weighted by Crippen LogP contribution is -2.54. The molecule has 0 aliphatic carbocycles. The summed E-state index contributed by atoms with van der Waals surface area (Å²) in [5, 5.41) is 12.0. The minimum Gasteiger partial charge on any atom is -0.497 e. The van der Waals surface area contributed by atoms with Gasteiger partial charge in [0, 0.05) is 19.7 Å². The fraction of sp³-hybridized carbons (Fsp3) is 0.355. The highest BCUT2D eigenvalue weighted by molar-refractivity contribution is 5.99. The molecule has 1 heterocycles. The third kappa shape index (κ3) is 5.38. The molecule has 1 aliphatic rings. The van der Waals surface area contributed by atoms with Crippen LogP contribution in [0.4, 0.5) is 0 Å². The van der Waals surface area contributed by atoms with Crippen LogP contribution in [0.2, 0.25) is 0 Å². The van der Waals surface area contributed by atoms with Crippen molar-refractivity contribution in [2.24, 2.45) is 0 Å². The molecule has 3 aromatic carbocycles. The first kappa shape index (κ1) is 27.2. The number of nitrogens with one attached hydrogen (secondary N) is 1. The predicted octanol–water partition coefficient (Wildman–Crippen LogP) is 3.92. The van der Waals surface area contributed by atoms with Gasteiger partial charge in [0.1, 0.15) is 23.0 Å². The molecule has 0 bridgehead atoms. The van der Waals surface area contributed by atoms with E-state index in [-0.39, 0.29) is 18.4 Å². The largest absolute Gasteiger partial charge is 0.497 e. The number of benzene rings is 3. The third-order valence-electron chi connectivity index (χ3n) is 7.27. The molecule has 0 spiro atoms. The van der Waals surface area contributed by atoms with Crippen LogP contribution in [0.15, 0.2) is 78.9 Å². The summed E-state index contributed by atoms with van der Waals surface area (Å²) in [4.78, 5) is 29.9. The van der Waals surface area contributed by atoms with Crippen molar-refractivity contribution in [3.63, 3.8) is 0 Å². The zero-order chi connectivity index (χ0) is 27.0. The minimum atomic E-state index is -1.19. The lowest BCUT2D eigenvalue weighted by molar-refractivity contribution is -0.140. The van der Waals surface area contributed by atoms with Crippen molar-refractivity contribution in [2.75, 3.05) is 33.9 Å². The monoisotopic (exact) mass is 516 g/mol. The number of methoxy groups -OCH3 is 2. The number of amides is 2. The van der Waals surface area contributed by atoms with Gasteiger partial charge < -0.3 is 24.8 Å². The molecule has 1 atom stereocenters. The van der Waals surface area contributed by atoms with E-state index in [1.807, 2.05) is 78.9 Å². The number of nitrogens with zero attached hydrogens (tertiary/aromatic N) is 1. The van der Waals surface area contributed by atoms with Crippen molar-refractivity contribution in [3.05, 3.63) is 95.6 Å². The van der Waals surface area contributed by atoms with E-state index >= 15 is 0 Å². The molecule has 0 saturated carbocycles. The molecule has 38 heavy (non-hydrogen) atoms. The van der Waals surface area contributed by atoms with Crippen molar-refractivity contribution in [2.45, 2.75) is 37.1 Å². The highest BCUT2D eigenvalue weighted by atomic mass is 16.5. The van der Waals surface area contributed by atoms with Gasteiger partial charge in [-0.3, -0.25) is 9.59 Å². The van der Waals surface area contributed by atoms with Gasteiger partial charge in [0.2, 0.25) is 11.8 Å². The standard InChI is InChI=1S/C31H36N2O5/c1-37-26-16-12-24(13-17-26)31(23-9-4-3-5-10-23,25-14-18-27(38-2)19-15-25)30(36)33-21-8-11-28(33)29(35)32-20-6-7-22-34/h3-5,9-10,12-19,28,34H,6-8,11,20-22H2,1-2H3,(H,32,35)/t28-/m0/s1. The summed E-state index contributed by atoms with van der Waals surface area (Å²) in [6, 6.07) is 24.3. The molecule has 7 heteroatoms. The average Bonchev–Trinajstić information content (AvgIpc) is 3.47. The molecule has 7 nitrogen and oxygen atoms in total. The SMILES string of the molecule is COc1ccc(C(C(=O)N2CCC[C@H]2C(=O)NCCCCO)(c2ccccc2)c2ccc(OC)cc2)cc1. The van der Waals surface area contributed by atoms with Crippen molar-refractivity contribution in [1.82, 2.24) is 10.2 Å². The second kappa shape index (κ2) is 12.6. The maximum Gasteiger partial charge on any atom is 0.242 e. The molecule has 1 saturated heterocycles. The van der Waals surface area contributed by atoms with Crippen LogP contribution in [0.5, 0.6) is 11.5 Å². The number of aliphatic hydroxyl groups excluding tert-OH is 1. The summed E-state index contributed by atoms with van der Waals surface area (Å²) in [5.41, 5.74) is 1.19. The van der Waals surface area contributed by atoms with E-state index < -0.39 is 11.5 Å². The maximum absolute atomic E-state index is 14.9. The molecule has 4 rings (SSSR count). The Kier molecular flexibility index (Phi) is 9.02. The quantitative estimate of drug-likeness (QED) is 0.298. The summed E-state index contributed by atoms with van der Waals surface area (Å²) in [6.07, 6.45) is 2.67. The van der Waals surface area contributed by atoms with Gasteiger partial charge in [0.15, 0.2) is 0 Å². The molecule has 200 valence electrons. The predicted molar refractivity (Wildman–Crippen MR) is 146 cm³/mol. The molecule has 1 aliphatic heterocycles. The molecule has 1 fully saturated rings. The molecule has 0 aromatic heterocycles. The normalized spacial score (nSPS) is 15.2. The summed E-state index contributed by atoms with van der Waals surface area (Å²) < 4.78 is 10.8. The van der Waals surface area contributed by atoms with Crippen molar-refractivity contribution in [1.29, 1.82) is 0 Å². The molecule has 3 aromatic rings. The Morgan fingerprint density at radius 1 is 0.868 bits per heavy atom.